The van der Waals surface area contributed by atoms with Crippen LogP contribution >= 0.6 is 23.7 Å². The molecule has 0 N–H and O–H groups in total. The fourth-order valence-electron chi connectivity index (χ4n) is 3.00. The molecule has 0 bridgehead atoms. The van der Waals surface area contributed by atoms with Gasteiger partial charge in [0.15, 0.2) is 5.17 Å². The molecule has 5 heteroatoms. The van der Waals surface area contributed by atoms with E-state index in [0.717, 1.165) is 39.9 Å². The van der Waals surface area contributed by atoms with Crippen molar-refractivity contribution in [2.75, 3.05) is 12.8 Å². The van der Waals surface area contributed by atoms with E-state index in [-0.39, 0.29) is 0 Å². The summed E-state index contributed by atoms with van der Waals surface area (Å²) in [6.07, 6.45) is 8.37. The van der Waals surface area contributed by atoms with Gasteiger partial charge in [-0.15, -0.1) is 6.42 Å². The maximum Gasteiger partial charge on any atom is 0.191 e. The van der Waals surface area contributed by atoms with Crippen molar-refractivity contribution in [3.05, 3.63) is 101 Å². The van der Waals surface area contributed by atoms with Gasteiger partial charge in [0.2, 0.25) is 0 Å². The van der Waals surface area contributed by atoms with Crippen molar-refractivity contribution in [2.24, 2.45) is 9.50 Å². The predicted molar refractivity (Wildman–Crippen MR) is 164 cm³/mol. The summed E-state index contributed by atoms with van der Waals surface area (Å²) in [5, 5.41) is 7.83. The summed E-state index contributed by atoms with van der Waals surface area (Å²) in [4.78, 5) is 1.04. The first-order valence-corrected chi connectivity index (χ1v) is 14.4. The average Bonchev–Trinajstić information content (AvgIpc) is 2.95. The van der Waals surface area contributed by atoms with Crippen LogP contribution in [0.1, 0.15) is 56.9 Å². The van der Waals surface area contributed by atoms with E-state index in [0.29, 0.717) is 0 Å². The van der Waals surface area contributed by atoms with E-state index < -0.39 is 0 Å². The molecule has 0 heterocycles. The third-order valence-corrected chi connectivity index (χ3v) is 6.38. The summed E-state index contributed by atoms with van der Waals surface area (Å²) in [5.41, 5.74) is 5.45. The number of hydrazone groups is 1. The zero-order valence-corrected chi connectivity index (χ0v) is 24.3. The Morgan fingerprint density at radius 2 is 1.50 bits per heavy atom. The zero-order valence-electron chi connectivity index (χ0n) is 22.7. The number of rotatable bonds is 7. The second kappa shape index (κ2) is 18.3. The van der Waals surface area contributed by atoms with E-state index >= 15 is 0 Å². The molecular formula is C31H39N3S2. The van der Waals surface area contributed by atoms with Crippen molar-refractivity contribution >= 4 is 34.6 Å². The average molecular weight is 518 g/mol. The maximum atomic E-state index is 5.46. The predicted octanol–water partition coefficient (Wildman–Crippen LogP) is 8.72. The molecule has 36 heavy (non-hydrogen) atoms. The normalized spacial score (nSPS) is 10.8. The summed E-state index contributed by atoms with van der Waals surface area (Å²) >= 11 is 3.03. The molecule has 0 aromatic heterocycles. The fraction of sp³-hybridized carbons (Fsp3) is 0.290. The number of benzene rings is 3. The molecule has 0 saturated carbocycles. The van der Waals surface area contributed by atoms with Gasteiger partial charge in [0.25, 0.3) is 0 Å². The summed E-state index contributed by atoms with van der Waals surface area (Å²) < 4.78 is 4.80. The highest BCUT2D eigenvalue weighted by Crippen LogP contribution is 2.23. The lowest BCUT2D eigenvalue weighted by atomic mass is 10.1. The Morgan fingerprint density at radius 1 is 0.889 bits per heavy atom. The second-order valence-electron chi connectivity index (χ2n) is 7.25. The number of hydrogen-bond acceptors (Lipinski definition) is 4. The molecule has 0 aliphatic rings. The molecule has 0 spiro atoms. The molecule has 3 rings (SSSR count). The Balaban J connectivity index is 0.00000154. The second-order valence-corrected chi connectivity index (χ2v) is 8.86. The lowest BCUT2D eigenvalue weighted by Crippen LogP contribution is -2.27. The first-order valence-electron chi connectivity index (χ1n) is 12.4. The minimum Gasteiger partial charge on any atom is -0.241 e. The summed E-state index contributed by atoms with van der Waals surface area (Å²) in [7, 11) is 0. The maximum absolute atomic E-state index is 5.46. The summed E-state index contributed by atoms with van der Waals surface area (Å²) in [6, 6.07) is 26.8. The Morgan fingerprint density at radius 3 is 2.06 bits per heavy atom. The van der Waals surface area contributed by atoms with E-state index in [1.54, 1.807) is 11.8 Å². The number of terminal acetylenes is 1. The molecule has 0 fully saturated rings. The molecule has 3 nitrogen and oxygen atoms in total. The Labute approximate surface area is 227 Å². The Kier molecular flexibility index (Phi) is 15.8. The van der Waals surface area contributed by atoms with Gasteiger partial charge in [-0.2, -0.15) is 9.50 Å². The molecular weight excluding hydrogens is 478 g/mol. The van der Waals surface area contributed by atoms with Crippen molar-refractivity contribution in [3.63, 3.8) is 0 Å². The van der Waals surface area contributed by atoms with E-state index in [9.17, 15) is 0 Å². The van der Waals surface area contributed by atoms with E-state index in [2.05, 4.69) is 61.4 Å². The van der Waals surface area contributed by atoms with Crippen molar-refractivity contribution in [1.82, 2.24) is 5.01 Å². The van der Waals surface area contributed by atoms with E-state index in [4.69, 9.17) is 15.9 Å². The van der Waals surface area contributed by atoms with Crippen molar-refractivity contribution < 1.29 is 0 Å². The van der Waals surface area contributed by atoms with Gasteiger partial charge < -0.3 is 0 Å². The first kappa shape index (κ1) is 31.1. The first-order chi connectivity index (χ1) is 17.6. The number of thioether (sulfide) groups is 1. The lowest BCUT2D eigenvalue weighted by molar-refractivity contribution is 0.459. The number of amidine groups is 1. The van der Waals surface area contributed by atoms with Gasteiger partial charge in [0.05, 0.1) is 5.71 Å². The van der Waals surface area contributed by atoms with Gasteiger partial charge in [-0.05, 0) is 61.9 Å². The fourth-order valence-corrected chi connectivity index (χ4v) is 4.28. The summed E-state index contributed by atoms with van der Waals surface area (Å²) in [5.74, 6) is 2.65. The van der Waals surface area contributed by atoms with Crippen LogP contribution in [0.4, 0.5) is 0 Å². The topological polar surface area (TPSA) is 28.0 Å². The van der Waals surface area contributed by atoms with Crippen LogP contribution in [-0.4, -0.2) is 28.7 Å². The van der Waals surface area contributed by atoms with E-state index in [1.165, 1.54) is 23.1 Å². The molecule has 0 amide bonds. The SMILES string of the molecule is C#Cc1ccc(SN=C(SC)N(CCc2ccccc2)/N=C(\C)c2ccc(C)cc2)cc1.CC.CC. The summed E-state index contributed by atoms with van der Waals surface area (Å²) in [6.45, 7) is 12.9. The molecule has 0 atom stereocenters. The smallest absolute Gasteiger partial charge is 0.191 e. The lowest BCUT2D eigenvalue weighted by Gasteiger charge is -2.21. The third kappa shape index (κ3) is 10.8. The largest absolute Gasteiger partial charge is 0.241 e. The molecule has 0 aliphatic heterocycles. The van der Waals surface area contributed by atoms with Crippen molar-refractivity contribution in [3.8, 4) is 12.3 Å². The van der Waals surface area contributed by atoms with Gasteiger partial charge in [-0.1, -0.05) is 106 Å². The zero-order chi connectivity index (χ0) is 26.8. The minimum absolute atomic E-state index is 0.740. The number of aryl methyl sites for hydroxylation is 1. The van der Waals surface area contributed by atoms with Crippen LogP contribution in [0, 0.1) is 19.3 Å². The van der Waals surface area contributed by atoms with Gasteiger partial charge in [-0.25, -0.2) is 5.01 Å². The molecule has 3 aromatic carbocycles. The highest BCUT2D eigenvalue weighted by Gasteiger charge is 2.12. The monoisotopic (exact) mass is 517 g/mol. The van der Waals surface area contributed by atoms with Crippen LogP contribution in [0.15, 0.2) is 93.3 Å². The van der Waals surface area contributed by atoms with Crippen molar-refractivity contribution in [1.29, 1.82) is 0 Å². The molecule has 0 radical (unpaired) electrons. The standard InChI is InChI=1S/C27H27N3S2.2C2H6/c1-5-23-13-17-26(18-14-23)32-29-27(31-4)30(20-19-24-9-7-6-8-10-24)28-22(3)25-15-11-21(2)12-16-25;2*1-2/h1,6-18H,19-20H2,2-4H3;2*1-2H3/b28-22+,29-27?;;. The highest BCUT2D eigenvalue weighted by molar-refractivity contribution is 8.14. The molecule has 3 aromatic rings. The van der Waals surface area contributed by atoms with Gasteiger partial charge in [0, 0.05) is 29.0 Å². The van der Waals surface area contributed by atoms with Crippen LogP contribution in [-0.2, 0) is 6.42 Å². The molecule has 190 valence electrons. The van der Waals surface area contributed by atoms with Gasteiger partial charge >= 0.3 is 0 Å². The molecule has 0 aliphatic carbocycles. The van der Waals surface area contributed by atoms with Crippen LogP contribution < -0.4 is 0 Å². The van der Waals surface area contributed by atoms with Crippen molar-refractivity contribution in [2.45, 2.75) is 52.9 Å². The van der Waals surface area contributed by atoms with Gasteiger partial charge in [0.1, 0.15) is 0 Å². The third-order valence-electron chi connectivity index (χ3n) is 4.85. The minimum atomic E-state index is 0.740. The number of hydrogen-bond donors (Lipinski definition) is 0. The highest BCUT2D eigenvalue weighted by atomic mass is 32.2. The van der Waals surface area contributed by atoms with Crippen LogP contribution in [0.5, 0.6) is 0 Å². The Bertz CT molecular complexity index is 1100. The van der Waals surface area contributed by atoms with Crippen LogP contribution in [0.2, 0.25) is 0 Å². The quantitative estimate of drug-likeness (QED) is 0.103. The molecule has 0 unspecified atom stereocenters. The van der Waals surface area contributed by atoms with Crippen LogP contribution in [0.25, 0.3) is 0 Å². The van der Waals surface area contributed by atoms with Gasteiger partial charge in [-0.3, -0.25) is 0 Å². The number of nitrogens with zero attached hydrogens (tertiary/aromatic N) is 3. The van der Waals surface area contributed by atoms with Crippen LogP contribution in [0.3, 0.4) is 0 Å². The molecule has 0 saturated heterocycles. The Hall–Kier alpha value is -2.94. The van der Waals surface area contributed by atoms with E-state index in [1.807, 2.05) is 76.2 Å².